The van der Waals surface area contributed by atoms with Crippen LogP contribution in [0.3, 0.4) is 0 Å². The molecular formula is C11H8ClN5O. The molecule has 6 nitrogen and oxygen atoms in total. The van der Waals surface area contributed by atoms with Gasteiger partial charge in [0.05, 0.1) is 16.7 Å². The predicted molar refractivity (Wildman–Crippen MR) is 66.9 cm³/mol. The Kier molecular flexibility index (Phi) is 2.38. The van der Waals surface area contributed by atoms with Crippen molar-refractivity contribution in [3.63, 3.8) is 0 Å². The van der Waals surface area contributed by atoms with Gasteiger partial charge in [-0.15, -0.1) is 0 Å². The second kappa shape index (κ2) is 3.92. The number of aromatic nitrogens is 5. The SMILES string of the molecule is Cn1c(=O)cc(Cl)c2nc(-n3ccnc3)ncc21. The summed E-state index contributed by atoms with van der Waals surface area (Å²) < 4.78 is 3.12. The minimum atomic E-state index is -0.188. The highest BCUT2D eigenvalue weighted by atomic mass is 35.5. The van der Waals surface area contributed by atoms with Crippen LogP contribution in [0, 0.1) is 0 Å². The maximum Gasteiger partial charge on any atom is 0.252 e. The Hall–Kier alpha value is -2.21. The largest absolute Gasteiger partial charge is 0.308 e. The van der Waals surface area contributed by atoms with E-state index in [-0.39, 0.29) is 5.56 Å². The zero-order valence-electron chi connectivity index (χ0n) is 9.41. The lowest BCUT2D eigenvalue weighted by molar-refractivity contribution is 0.883. The maximum atomic E-state index is 11.6. The first-order valence-corrected chi connectivity index (χ1v) is 5.55. The smallest absolute Gasteiger partial charge is 0.252 e. The van der Waals surface area contributed by atoms with E-state index in [1.54, 1.807) is 36.5 Å². The van der Waals surface area contributed by atoms with E-state index < -0.39 is 0 Å². The van der Waals surface area contributed by atoms with Gasteiger partial charge in [0, 0.05) is 25.5 Å². The van der Waals surface area contributed by atoms with E-state index >= 15 is 0 Å². The van der Waals surface area contributed by atoms with Crippen molar-refractivity contribution in [3.05, 3.63) is 46.4 Å². The van der Waals surface area contributed by atoms with Crippen LogP contribution in [0.2, 0.25) is 5.02 Å². The average Bonchev–Trinajstić information content (AvgIpc) is 2.89. The van der Waals surface area contributed by atoms with Crippen LogP contribution >= 0.6 is 11.6 Å². The number of fused-ring (bicyclic) bond motifs is 1. The minimum Gasteiger partial charge on any atom is -0.308 e. The van der Waals surface area contributed by atoms with E-state index in [2.05, 4.69) is 15.0 Å². The van der Waals surface area contributed by atoms with Crippen LogP contribution in [-0.2, 0) is 7.05 Å². The van der Waals surface area contributed by atoms with E-state index in [4.69, 9.17) is 11.6 Å². The van der Waals surface area contributed by atoms with Gasteiger partial charge in [-0.2, -0.15) is 0 Å². The van der Waals surface area contributed by atoms with Crippen molar-refractivity contribution < 1.29 is 0 Å². The highest BCUT2D eigenvalue weighted by Gasteiger charge is 2.09. The van der Waals surface area contributed by atoms with Gasteiger partial charge in [-0.05, 0) is 0 Å². The van der Waals surface area contributed by atoms with Gasteiger partial charge < -0.3 is 4.57 Å². The second-order valence-corrected chi connectivity index (χ2v) is 4.17. The summed E-state index contributed by atoms with van der Waals surface area (Å²) in [6.07, 6.45) is 6.54. The summed E-state index contributed by atoms with van der Waals surface area (Å²) in [5, 5.41) is 0.317. The molecule has 3 rings (SSSR count). The number of pyridine rings is 1. The number of hydrogen-bond donors (Lipinski definition) is 0. The number of nitrogens with zero attached hydrogens (tertiary/aromatic N) is 5. The molecule has 0 bridgehead atoms. The normalized spacial score (nSPS) is 11.0. The molecule has 0 aliphatic rings. The molecular weight excluding hydrogens is 254 g/mol. The van der Waals surface area contributed by atoms with Crippen LogP contribution in [0.25, 0.3) is 17.0 Å². The topological polar surface area (TPSA) is 65.6 Å². The maximum absolute atomic E-state index is 11.6. The van der Waals surface area contributed by atoms with Crippen molar-refractivity contribution in [3.8, 4) is 5.95 Å². The van der Waals surface area contributed by atoms with E-state index in [1.165, 1.54) is 10.6 Å². The summed E-state index contributed by atoms with van der Waals surface area (Å²) in [4.78, 5) is 24.0. The van der Waals surface area contributed by atoms with Gasteiger partial charge >= 0.3 is 0 Å². The molecule has 0 aliphatic carbocycles. The number of hydrogen-bond acceptors (Lipinski definition) is 4. The predicted octanol–water partition coefficient (Wildman–Crippen LogP) is 1.17. The van der Waals surface area contributed by atoms with Crippen molar-refractivity contribution in [2.75, 3.05) is 0 Å². The Labute approximate surface area is 107 Å². The summed E-state index contributed by atoms with van der Waals surface area (Å²) in [6.45, 7) is 0. The second-order valence-electron chi connectivity index (χ2n) is 3.76. The van der Waals surface area contributed by atoms with Crippen LogP contribution < -0.4 is 5.56 Å². The molecule has 0 saturated carbocycles. The van der Waals surface area contributed by atoms with E-state index in [1.807, 2.05) is 0 Å². The summed E-state index contributed by atoms with van der Waals surface area (Å²) >= 11 is 6.04. The third-order valence-electron chi connectivity index (χ3n) is 2.66. The standard InChI is InChI=1S/C11H8ClN5O/c1-16-8-5-14-11(17-3-2-13-6-17)15-10(8)7(12)4-9(16)18/h2-6H,1H3. The zero-order chi connectivity index (χ0) is 12.7. The van der Waals surface area contributed by atoms with Gasteiger partial charge in [-0.25, -0.2) is 15.0 Å². The Balaban J connectivity index is 2.34. The first-order chi connectivity index (χ1) is 8.66. The van der Waals surface area contributed by atoms with E-state index in [0.717, 1.165) is 0 Å². The van der Waals surface area contributed by atoms with Gasteiger partial charge in [-0.1, -0.05) is 11.6 Å². The van der Waals surface area contributed by atoms with Crippen LogP contribution in [0.1, 0.15) is 0 Å². The third-order valence-corrected chi connectivity index (χ3v) is 2.95. The third kappa shape index (κ3) is 1.58. The molecule has 0 aromatic carbocycles. The molecule has 7 heteroatoms. The molecule has 0 radical (unpaired) electrons. The van der Waals surface area contributed by atoms with Gasteiger partial charge in [0.15, 0.2) is 0 Å². The lowest BCUT2D eigenvalue weighted by atomic mass is 10.3. The molecule has 0 saturated heterocycles. The fourth-order valence-corrected chi connectivity index (χ4v) is 1.91. The summed E-state index contributed by atoms with van der Waals surface area (Å²) in [7, 11) is 1.65. The average molecular weight is 262 g/mol. The first kappa shape index (κ1) is 10.9. The van der Waals surface area contributed by atoms with Gasteiger partial charge in [0.1, 0.15) is 11.8 Å². The Morgan fingerprint density at radius 3 is 2.94 bits per heavy atom. The van der Waals surface area contributed by atoms with Crippen LogP contribution in [0.5, 0.6) is 0 Å². The molecule has 3 heterocycles. The van der Waals surface area contributed by atoms with E-state index in [9.17, 15) is 4.79 Å². The van der Waals surface area contributed by atoms with Gasteiger partial charge in [0.2, 0.25) is 5.95 Å². The zero-order valence-corrected chi connectivity index (χ0v) is 10.2. The molecule has 90 valence electrons. The lowest BCUT2D eigenvalue weighted by Gasteiger charge is -2.06. The Morgan fingerprint density at radius 1 is 1.39 bits per heavy atom. The van der Waals surface area contributed by atoms with Crippen molar-refractivity contribution in [2.24, 2.45) is 7.05 Å². The number of rotatable bonds is 1. The minimum absolute atomic E-state index is 0.188. The monoisotopic (exact) mass is 261 g/mol. The Morgan fingerprint density at radius 2 is 2.22 bits per heavy atom. The van der Waals surface area contributed by atoms with Crippen molar-refractivity contribution >= 4 is 22.6 Å². The summed E-state index contributed by atoms with van der Waals surface area (Å²) in [5.74, 6) is 0.459. The molecule has 3 aromatic heterocycles. The summed E-state index contributed by atoms with van der Waals surface area (Å²) in [5.41, 5.74) is 0.945. The molecule has 0 spiro atoms. The van der Waals surface area contributed by atoms with Crippen LogP contribution in [-0.4, -0.2) is 24.1 Å². The molecule has 0 N–H and O–H groups in total. The highest BCUT2D eigenvalue weighted by molar-refractivity contribution is 6.34. The van der Waals surface area contributed by atoms with Crippen molar-refractivity contribution in [2.45, 2.75) is 0 Å². The lowest BCUT2D eigenvalue weighted by Crippen LogP contribution is -2.16. The first-order valence-electron chi connectivity index (χ1n) is 5.17. The van der Waals surface area contributed by atoms with Crippen LogP contribution in [0.4, 0.5) is 0 Å². The number of imidazole rings is 1. The van der Waals surface area contributed by atoms with Crippen molar-refractivity contribution in [1.29, 1.82) is 0 Å². The van der Waals surface area contributed by atoms with E-state index in [0.29, 0.717) is 22.0 Å². The molecule has 0 fully saturated rings. The fraction of sp³-hybridized carbons (Fsp3) is 0.0909. The van der Waals surface area contributed by atoms with Gasteiger partial charge in [0.25, 0.3) is 5.56 Å². The number of halogens is 1. The summed E-state index contributed by atoms with van der Waals surface area (Å²) in [6, 6.07) is 1.34. The molecule has 18 heavy (non-hydrogen) atoms. The highest BCUT2D eigenvalue weighted by Crippen LogP contribution is 2.18. The fourth-order valence-electron chi connectivity index (χ4n) is 1.68. The number of aryl methyl sites for hydroxylation is 1. The van der Waals surface area contributed by atoms with Gasteiger partial charge in [-0.3, -0.25) is 9.36 Å². The Bertz CT molecular complexity index is 778. The van der Waals surface area contributed by atoms with Crippen LogP contribution in [0.15, 0.2) is 35.8 Å². The molecule has 0 atom stereocenters. The molecule has 0 amide bonds. The molecule has 3 aromatic rings. The molecule has 0 aliphatic heterocycles. The molecule has 0 unspecified atom stereocenters. The van der Waals surface area contributed by atoms with Crippen molar-refractivity contribution in [1.82, 2.24) is 24.1 Å². The quantitative estimate of drug-likeness (QED) is 0.659.